The van der Waals surface area contributed by atoms with Crippen molar-refractivity contribution in [3.05, 3.63) is 65.9 Å². The molecule has 0 N–H and O–H groups in total. The van der Waals surface area contributed by atoms with Gasteiger partial charge in [-0.05, 0) is 0 Å². The maximum absolute atomic E-state index is 13.6. The number of hydrogen-bond donors (Lipinski definition) is 0. The van der Waals surface area contributed by atoms with Crippen LogP contribution in [0, 0.1) is 0 Å². The van der Waals surface area contributed by atoms with Crippen molar-refractivity contribution in [3.63, 3.8) is 0 Å². The van der Waals surface area contributed by atoms with Crippen molar-refractivity contribution in [2.24, 2.45) is 0 Å². The number of carbonyl (C=O) groups excluding carboxylic acids is 3. The first-order valence-corrected chi connectivity index (χ1v) is 13.4. The Hall–Kier alpha value is -2.89. The number of amides is 1. The molecule has 3 aromatic rings. The molecule has 2 aromatic carbocycles. The van der Waals surface area contributed by atoms with Crippen molar-refractivity contribution in [1.82, 2.24) is 9.47 Å². The van der Waals surface area contributed by atoms with Crippen molar-refractivity contribution in [1.29, 1.82) is 0 Å². The Morgan fingerprint density at radius 3 is 2.47 bits per heavy atom. The number of aromatic nitrogens is 1. The van der Waals surface area contributed by atoms with E-state index >= 15 is 0 Å². The zero-order valence-corrected chi connectivity index (χ0v) is 21.3. The molecule has 1 fully saturated rings. The van der Waals surface area contributed by atoms with E-state index in [1.165, 1.54) is 0 Å². The Morgan fingerprint density at radius 1 is 1.03 bits per heavy atom. The Kier molecular flexibility index (Phi) is 5.86. The van der Waals surface area contributed by atoms with Gasteiger partial charge in [0.2, 0.25) is 0 Å². The summed E-state index contributed by atoms with van der Waals surface area (Å²) in [6, 6.07) is 16.7. The first-order valence-electron chi connectivity index (χ1n) is 11.7. The van der Waals surface area contributed by atoms with Crippen molar-refractivity contribution in [3.8, 4) is 0 Å². The summed E-state index contributed by atoms with van der Waals surface area (Å²) in [4.78, 5) is 41.9. The van der Waals surface area contributed by atoms with Gasteiger partial charge < -0.3 is 0 Å². The van der Waals surface area contributed by atoms with Gasteiger partial charge in [0.15, 0.2) is 0 Å². The number of benzene rings is 2. The molecule has 176 valence electrons. The molecular formula is C27H28N2O4Se. The molecular weight excluding hydrogens is 495 g/mol. The number of ether oxygens (including phenoxy) is 1. The minimum atomic E-state index is -0.650. The molecule has 0 saturated carbocycles. The van der Waals surface area contributed by atoms with Gasteiger partial charge in [-0.1, -0.05) is 0 Å². The van der Waals surface area contributed by atoms with E-state index in [0.717, 1.165) is 39.5 Å². The van der Waals surface area contributed by atoms with E-state index in [0.29, 0.717) is 12.8 Å². The van der Waals surface area contributed by atoms with E-state index in [9.17, 15) is 14.4 Å². The zero-order valence-electron chi connectivity index (χ0n) is 19.6. The number of para-hydroxylation sites is 1. The summed E-state index contributed by atoms with van der Waals surface area (Å²) < 4.78 is 8.52. The quantitative estimate of drug-likeness (QED) is 0.488. The molecule has 2 atom stereocenters. The van der Waals surface area contributed by atoms with Gasteiger partial charge in [0.1, 0.15) is 0 Å². The molecule has 2 aliphatic rings. The molecule has 1 amide bonds. The van der Waals surface area contributed by atoms with E-state index in [4.69, 9.17) is 4.74 Å². The summed E-state index contributed by atoms with van der Waals surface area (Å²) in [5, 5.41) is 0.950. The molecule has 2 aliphatic heterocycles. The van der Waals surface area contributed by atoms with Gasteiger partial charge in [0.25, 0.3) is 0 Å². The Balaban J connectivity index is 1.63. The van der Waals surface area contributed by atoms with Gasteiger partial charge in [-0.15, -0.1) is 0 Å². The fourth-order valence-electron chi connectivity index (χ4n) is 5.10. The fourth-order valence-corrected chi connectivity index (χ4v) is 6.91. The summed E-state index contributed by atoms with van der Waals surface area (Å²) in [5.41, 5.74) is 1.91. The predicted octanol–water partition coefficient (Wildman–Crippen LogP) is 3.96. The van der Waals surface area contributed by atoms with Crippen molar-refractivity contribution < 1.29 is 19.1 Å². The molecule has 1 saturated heterocycles. The number of hydrogen-bond acceptors (Lipinski definition) is 4. The van der Waals surface area contributed by atoms with Gasteiger partial charge >= 0.3 is 206 Å². The predicted molar refractivity (Wildman–Crippen MR) is 131 cm³/mol. The number of carbonyl (C=O) groups is 3. The normalized spacial score (nSPS) is 20.1. The Morgan fingerprint density at radius 2 is 1.74 bits per heavy atom. The van der Waals surface area contributed by atoms with Crippen LogP contribution in [0.15, 0.2) is 54.6 Å². The van der Waals surface area contributed by atoms with E-state index in [1.807, 2.05) is 75.4 Å². The van der Waals surface area contributed by atoms with Crippen LogP contribution in [0.4, 0.5) is 4.79 Å². The number of fused-ring (bicyclic) bond motifs is 5. The summed E-state index contributed by atoms with van der Waals surface area (Å²) >= 11 is -0.394. The number of piperidine rings is 1. The van der Waals surface area contributed by atoms with Gasteiger partial charge in [0.05, 0.1) is 0 Å². The van der Waals surface area contributed by atoms with Crippen LogP contribution in [0.3, 0.4) is 0 Å². The summed E-state index contributed by atoms with van der Waals surface area (Å²) in [6.07, 6.45) is 1.86. The zero-order chi connectivity index (χ0) is 24.0. The summed E-state index contributed by atoms with van der Waals surface area (Å²) in [6.45, 7) is 5.54. The van der Waals surface area contributed by atoms with Crippen LogP contribution in [0.2, 0.25) is 0 Å². The molecule has 0 aliphatic carbocycles. The Bertz CT molecular complexity index is 1280. The van der Waals surface area contributed by atoms with E-state index in [-0.39, 0.29) is 16.6 Å². The van der Waals surface area contributed by atoms with Crippen LogP contribution in [-0.2, 0) is 20.7 Å². The molecule has 0 unspecified atom stereocenters. The third kappa shape index (κ3) is 4.08. The average Bonchev–Trinajstić information content (AvgIpc) is 3.13. The molecule has 7 heteroatoms. The second-order valence-corrected chi connectivity index (χ2v) is 12.1. The third-order valence-corrected chi connectivity index (χ3v) is 8.43. The number of rotatable bonds is 3. The first-order chi connectivity index (χ1) is 16.2. The topological polar surface area (TPSA) is 68.6 Å². The molecule has 5 rings (SSSR count). The minimum absolute atomic E-state index is 0.00916. The van der Waals surface area contributed by atoms with Gasteiger partial charge in [0, 0.05) is 0 Å². The number of nitrogens with zero attached hydrogens (tertiary/aromatic N) is 2. The molecule has 0 radical (unpaired) electrons. The van der Waals surface area contributed by atoms with E-state index in [2.05, 4.69) is 0 Å². The van der Waals surface area contributed by atoms with E-state index in [1.54, 1.807) is 9.47 Å². The van der Waals surface area contributed by atoms with Gasteiger partial charge in [-0.2, -0.15) is 0 Å². The van der Waals surface area contributed by atoms with Crippen LogP contribution in [-0.4, -0.2) is 52.7 Å². The van der Waals surface area contributed by atoms with Crippen molar-refractivity contribution in [2.45, 2.75) is 64.1 Å². The molecule has 0 bridgehead atoms. The van der Waals surface area contributed by atoms with E-state index < -0.39 is 32.7 Å². The van der Waals surface area contributed by atoms with Crippen LogP contribution in [0.1, 0.15) is 57.3 Å². The first kappa shape index (κ1) is 22.9. The van der Waals surface area contributed by atoms with Gasteiger partial charge in [-0.25, -0.2) is 0 Å². The monoisotopic (exact) mass is 524 g/mol. The summed E-state index contributed by atoms with van der Waals surface area (Å²) in [5.74, 6) is -0.00916. The molecule has 0 spiro atoms. The third-order valence-electron chi connectivity index (χ3n) is 6.37. The molecule has 34 heavy (non-hydrogen) atoms. The molecule has 1 aromatic heterocycles. The second kappa shape index (κ2) is 8.71. The summed E-state index contributed by atoms with van der Waals surface area (Å²) in [7, 11) is 0. The van der Waals surface area contributed by atoms with Crippen LogP contribution in [0.25, 0.3) is 10.9 Å². The fraction of sp³-hybridized carbons (Fsp3) is 0.370. The molecule has 3 heterocycles. The van der Waals surface area contributed by atoms with Crippen LogP contribution < -0.4 is 4.46 Å². The standard InChI is InChI=1S/C27H28N2O4Se/c1-27(2,3)33-26(32)29-20-13-8-7-12-18(20)19-16-22(25(31)34-17-10-5-4-6-11-17)28-21(24(19)29)14-9-15-23(28)30/h4-8,10-13,21-22H,9,14-16H2,1-3H3/t21-,22+/m1/s1. The molecule has 6 nitrogen and oxygen atoms in total. The van der Waals surface area contributed by atoms with Gasteiger partial charge in [-0.3, -0.25) is 0 Å². The van der Waals surface area contributed by atoms with Crippen LogP contribution in [0.5, 0.6) is 0 Å². The average molecular weight is 523 g/mol. The second-order valence-electron chi connectivity index (χ2n) is 9.86. The van der Waals surface area contributed by atoms with Crippen LogP contribution >= 0.6 is 0 Å². The maximum atomic E-state index is 13.6. The SMILES string of the molecule is CC(C)(C)OC(=O)n1c2c(c3ccccc31)C[C@@H](C(=O)[Se]c1ccccc1)N1C(=O)CCC[C@H]21. The van der Waals surface area contributed by atoms with Crippen molar-refractivity contribution >= 4 is 47.0 Å². The Labute approximate surface area is 205 Å². The van der Waals surface area contributed by atoms with Crippen molar-refractivity contribution in [2.75, 3.05) is 0 Å².